The Bertz CT molecular complexity index is 165. The minimum atomic E-state index is -0.0786. The first kappa shape index (κ1) is 8.77. The van der Waals surface area contributed by atoms with E-state index in [0.29, 0.717) is 0 Å². The Kier molecular flexibility index (Phi) is 3.98. The van der Waals surface area contributed by atoms with E-state index in [9.17, 15) is 0 Å². The Labute approximate surface area is 77.6 Å². The maximum atomic E-state index is 7.15. The van der Waals surface area contributed by atoms with E-state index in [1.165, 1.54) is 24.8 Å². The molecule has 0 radical (unpaired) electrons. The Balaban J connectivity index is 2.72. The van der Waals surface area contributed by atoms with Crippen molar-refractivity contribution in [2.24, 2.45) is 0 Å². The summed E-state index contributed by atoms with van der Waals surface area (Å²) in [7, 11) is 0. The van der Waals surface area contributed by atoms with Crippen molar-refractivity contribution in [2.75, 3.05) is 0 Å². The van der Waals surface area contributed by atoms with Gasteiger partial charge in [0.05, 0.1) is 0 Å². The average molecular weight is 316 g/mol. The fraction of sp³-hybridized carbons (Fsp3) is 0.571. The van der Waals surface area contributed by atoms with Gasteiger partial charge >= 0.3 is 78.0 Å². The van der Waals surface area contributed by atoms with Crippen molar-refractivity contribution in [1.29, 1.82) is 5.41 Å². The van der Waals surface area contributed by atoms with E-state index in [1.807, 2.05) is 0 Å². The number of hydrogen-bond donors (Lipinski definition) is 1. The average Bonchev–Trinajstić information content (AvgIpc) is 2.04. The van der Waals surface area contributed by atoms with Gasteiger partial charge in [0.15, 0.2) is 0 Å². The molecule has 1 aliphatic carbocycles. The van der Waals surface area contributed by atoms with Crippen LogP contribution in [0.2, 0.25) is 0 Å². The Morgan fingerprint density at radius 1 is 1.40 bits per heavy atom. The minimum absolute atomic E-state index is 0.0786. The molecular weight excluding hydrogens is 306 g/mol. The summed E-state index contributed by atoms with van der Waals surface area (Å²) in [6.07, 6.45) is 6.56. The molecule has 0 unspecified atom stereocenters. The van der Waals surface area contributed by atoms with E-state index in [0.717, 1.165) is 6.42 Å². The maximum absolute atomic E-state index is 7.15. The molecule has 3 heteroatoms. The third kappa shape index (κ3) is 2.08. The SMILES string of the molecule is N=CC1=C([Te]Br)CCCC1. The van der Waals surface area contributed by atoms with Crippen LogP contribution in [0.15, 0.2) is 9.19 Å². The second-order valence-electron chi connectivity index (χ2n) is 2.38. The van der Waals surface area contributed by atoms with Gasteiger partial charge in [-0.2, -0.15) is 0 Å². The van der Waals surface area contributed by atoms with Gasteiger partial charge in [-0.1, -0.05) is 0 Å². The molecule has 0 saturated carbocycles. The van der Waals surface area contributed by atoms with Crippen LogP contribution in [0, 0.1) is 5.41 Å². The van der Waals surface area contributed by atoms with Gasteiger partial charge in [0.1, 0.15) is 0 Å². The first-order valence-corrected chi connectivity index (χ1v) is 9.78. The molecule has 1 N–H and O–H groups in total. The van der Waals surface area contributed by atoms with Crippen LogP contribution in [0.4, 0.5) is 0 Å². The molecular formula is C7H10BrNTe. The van der Waals surface area contributed by atoms with Crippen LogP contribution in [-0.4, -0.2) is 24.9 Å². The van der Waals surface area contributed by atoms with Gasteiger partial charge in [0.2, 0.25) is 0 Å². The van der Waals surface area contributed by atoms with Gasteiger partial charge < -0.3 is 0 Å². The number of allylic oxidation sites excluding steroid dienone is 2. The molecule has 0 atom stereocenters. The zero-order valence-corrected chi connectivity index (χ0v) is 9.61. The summed E-state index contributed by atoms with van der Waals surface area (Å²) in [5.41, 5.74) is 1.31. The van der Waals surface area contributed by atoms with Crippen molar-refractivity contribution in [3.8, 4) is 0 Å². The third-order valence-electron chi connectivity index (χ3n) is 1.73. The van der Waals surface area contributed by atoms with E-state index in [4.69, 9.17) is 5.41 Å². The predicted octanol–water partition coefficient (Wildman–Crippen LogP) is 2.48. The van der Waals surface area contributed by atoms with Crippen molar-refractivity contribution in [3.63, 3.8) is 0 Å². The van der Waals surface area contributed by atoms with Crippen LogP contribution in [0.5, 0.6) is 0 Å². The standard InChI is InChI=1S/C7H10BrNTe/c8-10-7-4-2-1-3-6(7)5-9/h5,9H,1-4H2. The summed E-state index contributed by atoms with van der Waals surface area (Å²) in [6, 6.07) is 0. The topological polar surface area (TPSA) is 23.9 Å². The molecule has 0 bridgehead atoms. The first-order valence-electron chi connectivity index (χ1n) is 3.39. The Morgan fingerprint density at radius 3 is 2.60 bits per heavy atom. The third-order valence-corrected chi connectivity index (χ3v) is 6.21. The van der Waals surface area contributed by atoms with Crippen molar-refractivity contribution in [1.82, 2.24) is 0 Å². The molecule has 1 aliphatic rings. The Hall–Kier alpha value is 0.680. The molecule has 0 aliphatic heterocycles. The van der Waals surface area contributed by atoms with Gasteiger partial charge in [-0.05, 0) is 0 Å². The zero-order valence-electron chi connectivity index (χ0n) is 5.69. The summed E-state index contributed by atoms with van der Waals surface area (Å²) < 4.78 is 1.56. The quantitative estimate of drug-likeness (QED) is 0.598. The summed E-state index contributed by atoms with van der Waals surface area (Å²) in [5, 5.41) is 7.15. The molecule has 0 heterocycles. The summed E-state index contributed by atoms with van der Waals surface area (Å²) in [6.45, 7) is 0. The van der Waals surface area contributed by atoms with Gasteiger partial charge in [0.25, 0.3) is 0 Å². The molecule has 0 aromatic rings. The van der Waals surface area contributed by atoms with E-state index < -0.39 is 0 Å². The molecule has 0 aromatic heterocycles. The van der Waals surface area contributed by atoms with Crippen LogP contribution in [-0.2, 0) is 0 Å². The number of hydrogen-bond acceptors (Lipinski definition) is 1. The fourth-order valence-electron chi connectivity index (χ4n) is 1.14. The van der Waals surface area contributed by atoms with E-state index in [2.05, 4.69) is 12.8 Å². The van der Waals surface area contributed by atoms with Crippen LogP contribution < -0.4 is 0 Å². The molecule has 0 amide bonds. The molecule has 1 rings (SSSR count). The molecule has 0 spiro atoms. The predicted molar refractivity (Wildman–Crippen MR) is 49.0 cm³/mol. The van der Waals surface area contributed by atoms with Gasteiger partial charge in [-0.25, -0.2) is 0 Å². The van der Waals surface area contributed by atoms with E-state index in [-0.39, 0.29) is 18.7 Å². The van der Waals surface area contributed by atoms with Gasteiger partial charge in [-0.3, -0.25) is 0 Å². The molecule has 0 fully saturated rings. The summed E-state index contributed by atoms with van der Waals surface area (Å²) in [5.74, 6) is 0. The van der Waals surface area contributed by atoms with Crippen molar-refractivity contribution in [3.05, 3.63) is 9.19 Å². The number of nitrogens with one attached hydrogen (secondary N) is 1. The van der Waals surface area contributed by atoms with Crippen LogP contribution in [0.3, 0.4) is 0 Å². The number of rotatable bonds is 2. The normalized spacial score (nSPS) is 19.3. The fourth-order valence-corrected chi connectivity index (χ4v) is 5.00. The van der Waals surface area contributed by atoms with Crippen molar-refractivity contribution < 1.29 is 0 Å². The summed E-state index contributed by atoms with van der Waals surface area (Å²) in [4.78, 5) is 0. The van der Waals surface area contributed by atoms with Crippen LogP contribution in [0.25, 0.3) is 0 Å². The number of halogens is 1. The second kappa shape index (κ2) is 4.54. The molecule has 0 saturated heterocycles. The first-order chi connectivity index (χ1) is 4.88. The van der Waals surface area contributed by atoms with Crippen LogP contribution in [0.1, 0.15) is 25.7 Å². The van der Waals surface area contributed by atoms with Crippen LogP contribution >= 0.6 is 12.8 Å². The van der Waals surface area contributed by atoms with Crippen molar-refractivity contribution >= 4 is 37.7 Å². The summed E-state index contributed by atoms with van der Waals surface area (Å²) >= 11 is 3.48. The second-order valence-corrected chi connectivity index (χ2v) is 6.40. The zero-order chi connectivity index (χ0) is 7.40. The van der Waals surface area contributed by atoms with E-state index in [1.54, 1.807) is 9.84 Å². The molecule has 56 valence electrons. The van der Waals surface area contributed by atoms with E-state index >= 15 is 0 Å². The monoisotopic (exact) mass is 317 g/mol. The Morgan fingerprint density at radius 2 is 2.10 bits per heavy atom. The van der Waals surface area contributed by atoms with Gasteiger partial charge in [0, 0.05) is 0 Å². The molecule has 10 heavy (non-hydrogen) atoms. The van der Waals surface area contributed by atoms with Gasteiger partial charge in [-0.15, -0.1) is 0 Å². The molecule has 1 nitrogen and oxygen atoms in total. The molecule has 0 aromatic carbocycles. The van der Waals surface area contributed by atoms with Crippen molar-refractivity contribution in [2.45, 2.75) is 25.7 Å².